The van der Waals surface area contributed by atoms with Crippen molar-refractivity contribution in [3.05, 3.63) is 53.6 Å². The quantitative estimate of drug-likeness (QED) is 0.859. The van der Waals surface area contributed by atoms with Gasteiger partial charge in [0.05, 0.1) is 13.2 Å². The Hall–Kier alpha value is -2.69. The minimum Gasteiger partial charge on any atom is -0.497 e. The SMILES string of the molecule is COc1ccc2c(c1)OC(C)(C)C[C@@H]2NC(=O)[C@H](C)Oc1cccc(C)c1. The second-order valence-corrected chi connectivity index (χ2v) is 7.61. The Bertz CT molecular complexity index is 831. The van der Waals surface area contributed by atoms with Crippen molar-refractivity contribution in [2.24, 2.45) is 0 Å². The van der Waals surface area contributed by atoms with E-state index in [9.17, 15) is 4.79 Å². The predicted molar refractivity (Wildman–Crippen MR) is 104 cm³/mol. The van der Waals surface area contributed by atoms with Crippen LogP contribution in [0.1, 0.15) is 44.4 Å². The predicted octanol–water partition coefficient (Wildman–Crippen LogP) is 4.19. The zero-order valence-electron chi connectivity index (χ0n) is 16.5. The standard InChI is InChI=1S/C22H27NO4/c1-14-7-6-8-17(11-14)26-15(2)21(24)23-19-13-22(3,4)27-20-12-16(25-5)9-10-18(19)20/h6-12,15,19H,13H2,1-5H3,(H,23,24)/t15-,19-/m0/s1. The molecule has 144 valence electrons. The van der Waals surface area contributed by atoms with Crippen LogP contribution in [0.25, 0.3) is 0 Å². The summed E-state index contributed by atoms with van der Waals surface area (Å²) in [5.41, 5.74) is 1.65. The Labute approximate surface area is 160 Å². The summed E-state index contributed by atoms with van der Waals surface area (Å²) in [6.45, 7) is 7.78. The number of rotatable bonds is 5. The monoisotopic (exact) mass is 369 g/mol. The molecule has 1 aliphatic rings. The summed E-state index contributed by atoms with van der Waals surface area (Å²) in [4.78, 5) is 12.7. The molecule has 1 heterocycles. The number of nitrogens with one attached hydrogen (secondary N) is 1. The molecule has 1 amide bonds. The average molecular weight is 369 g/mol. The number of carbonyl (C=O) groups excluding carboxylic acids is 1. The van der Waals surface area contributed by atoms with Crippen molar-refractivity contribution in [2.45, 2.75) is 51.9 Å². The fourth-order valence-corrected chi connectivity index (χ4v) is 3.32. The molecule has 1 N–H and O–H groups in total. The van der Waals surface area contributed by atoms with Crippen LogP contribution >= 0.6 is 0 Å². The van der Waals surface area contributed by atoms with Gasteiger partial charge in [-0.05, 0) is 57.5 Å². The molecule has 5 nitrogen and oxygen atoms in total. The molecule has 27 heavy (non-hydrogen) atoms. The van der Waals surface area contributed by atoms with Gasteiger partial charge >= 0.3 is 0 Å². The highest BCUT2D eigenvalue weighted by Crippen LogP contribution is 2.41. The Morgan fingerprint density at radius 2 is 2.00 bits per heavy atom. The first-order chi connectivity index (χ1) is 12.8. The Kier molecular flexibility index (Phi) is 5.31. The lowest BCUT2D eigenvalue weighted by molar-refractivity contribution is -0.128. The van der Waals surface area contributed by atoms with E-state index in [1.807, 2.05) is 63.2 Å². The van der Waals surface area contributed by atoms with E-state index in [4.69, 9.17) is 14.2 Å². The maximum Gasteiger partial charge on any atom is 0.261 e. The minimum absolute atomic E-state index is 0.147. The van der Waals surface area contributed by atoms with Gasteiger partial charge < -0.3 is 19.5 Å². The van der Waals surface area contributed by atoms with E-state index in [2.05, 4.69) is 5.32 Å². The van der Waals surface area contributed by atoms with Crippen LogP contribution in [0.4, 0.5) is 0 Å². The fraction of sp³-hybridized carbons (Fsp3) is 0.409. The van der Waals surface area contributed by atoms with Crippen LogP contribution < -0.4 is 19.5 Å². The molecule has 0 aromatic heterocycles. The van der Waals surface area contributed by atoms with Crippen molar-refractivity contribution in [3.63, 3.8) is 0 Å². The number of carbonyl (C=O) groups is 1. The van der Waals surface area contributed by atoms with Crippen molar-refractivity contribution in [3.8, 4) is 17.2 Å². The van der Waals surface area contributed by atoms with Crippen LogP contribution in [-0.2, 0) is 4.79 Å². The fourth-order valence-electron chi connectivity index (χ4n) is 3.32. The molecule has 0 unspecified atom stereocenters. The van der Waals surface area contributed by atoms with E-state index < -0.39 is 11.7 Å². The van der Waals surface area contributed by atoms with E-state index in [1.165, 1.54) is 0 Å². The van der Waals surface area contributed by atoms with Gasteiger partial charge in [0.15, 0.2) is 6.10 Å². The van der Waals surface area contributed by atoms with Gasteiger partial charge in [-0.3, -0.25) is 4.79 Å². The highest BCUT2D eigenvalue weighted by Gasteiger charge is 2.35. The minimum atomic E-state index is -0.598. The normalized spacial score (nSPS) is 18.6. The third-order valence-corrected chi connectivity index (χ3v) is 4.67. The molecule has 1 aliphatic heterocycles. The van der Waals surface area contributed by atoms with E-state index in [-0.39, 0.29) is 11.9 Å². The van der Waals surface area contributed by atoms with Gasteiger partial charge in [-0.2, -0.15) is 0 Å². The zero-order chi connectivity index (χ0) is 19.6. The third kappa shape index (κ3) is 4.54. The molecule has 0 bridgehead atoms. The smallest absolute Gasteiger partial charge is 0.261 e. The van der Waals surface area contributed by atoms with Gasteiger partial charge in [-0.15, -0.1) is 0 Å². The summed E-state index contributed by atoms with van der Waals surface area (Å²) in [7, 11) is 1.62. The number of ether oxygens (including phenoxy) is 3. The van der Waals surface area contributed by atoms with Crippen molar-refractivity contribution < 1.29 is 19.0 Å². The van der Waals surface area contributed by atoms with Crippen molar-refractivity contribution in [1.82, 2.24) is 5.32 Å². The summed E-state index contributed by atoms with van der Waals surface area (Å²) < 4.78 is 17.2. The lowest BCUT2D eigenvalue weighted by atomic mass is 9.89. The summed E-state index contributed by atoms with van der Waals surface area (Å²) in [6, 6.07) is 13.2. The maximum atomic E-state index is 12.7. The van der Waals surface area contributed by atoms with Gasteiger partial charge in [0.2, 0.25) is 0 Å². The first-order valence-corrected chi connectivity index (χ1v) is 9.18. The van der Waals surface area contributed by atoms with Crippen molar-refractivity contribution in [2.75, 3.05) is 7.11 Å². The van der Waals surface area contributed by atoms with Crippen LogP contribution in [0.2, 0.25) is 0 Å². The lowest BCUT2D eigenvalue weighted by Crippen LogP contribution is -2.44. The number of aryl methyl sites for hydroxylation is 1. The number of amides is 1. The molecule has 0 fully saturated rings. The van der Waals surface area contributed by atoms with Crippen LogP contribution in [0.5, 0.6) is 17.2 Å². The summed E-state index contributed by atoms with van der Waals surface area (Å²) in [6.07, 6.45) is 0.0781. The highest BCUT2D eigenvalue weighted by atomic mass is 16.5. The molecule has 2 aromatic rings. The molecule has 0 saturated carbocycles. The van der Waals surface area contributed by atoms with Crippen molar-refractivity contribution in [1.29, 1.82) is 0 Å². The molecule has 3 rings (SSSR count). The third-order valence-electron chi connectivity index (χ3n) is 4.67. The first-order valence-electron chi connectivity index (χ1n) is 9.18. The summed E-state index contributed by atoms with van der Waals surface area (Å²) >= 11 is 0. The van der Waals surface area contributed by atoms with Crippen LogP contribution in [0, 0.1) is 6.92 Å². The Morgan fingerprint density at radius 3 is 2.70 bits per heavy atom. The van der Waals surface area contributed by atoms with Gasteiger partial charge in [-0.25, -0.2) is 0 Å². The summed E-state index contributed by atoms with van der Waals surface area (Å²) in [5.74, 6) is 2.01. The Morgan fingerprint density at radius 1 is 1.22 bits per heavy atom. The molecule has 2 aromatic carbocycles. The number of hydrogen-bond donors (Lipinski definition) is 1. The van der Waals surface area contributed by atoms with Crippen molar-refractivity contribution >= 4 is 5.91 Å². The Balaban J connectivity index is 1.75. The number of fused-ring (bicyclic) bond motifs is 1. The molecule has 0 radical (unpaired) electrons. The summed E-state index contributed by atoms with van der Waals surface area (Å²) in [5, 5.41) is 3.12. The lowest BCUT2D eigenvalue weighted by Gasteiger charge is -2.38. The number of hydrogen-bond acceptors (Lipinski definition) is 4. The molecule has 0 aliphatic carbocycles. The number of benzene rings is 2. The van der Waals surface area contributed by atoms with Crippen LogP contribution in [-0.4, -0.2) is 24.7 Å². The average Bonchev–Trinajstić information content (AvgIpc) is 2.60. The van der Waals surface area contributed by atoms with E-state index in [1.54, 1.807) is 14.0 Å². The maximum absolute atomic E-state index is 12.7. The second-order valence-electron chi connectivity index (χ2n) is 7.61. The van der Waals surface area contributed by atoms with Crippen LogP contribution in [0.15, 0.2) is 42.5 Å². The van der Waals surface area contributed by atoms with E-state index >= 15 is 0 Å². The molecular weight excluding hydrogens is 342 g/mol. The topological polar surface area (TPSA) is 56.8 Å². The second kappa shape index (κ2) is 7.51. The molecule has 2 atom stereocenters. The molecule has 0 spiro atoms. The molecular formula is C22H27NO4. The van der Waals surface area contributed by atoms with E-state index in [0.29, 0.717) is 12.2 Å². The van der Waals surface area contributed by atoms with Gasteiger partial charge in [0.1, 0.15) is 22.8 Å². The number of methoxy groups -OCH3 is 1. The highest BCUT2D eigenvalue weighted by molar-refractivity contribution is 5.81. The van der Waals surface area contributed by atoms with Gasteiger partial charge in [-0.1, -0.05) is 12.1 Å². The largest absolute Gasteiger partial charge is 0.497 e. The zero-order valence-corrected chi connectivity index (χ0v) is 16.5. The molecule has 5 heteroatoms. The van der Waals surface area contributed by atoms with Gasteiger partial charge in [0, 0.05) is 18.1 Å². The first kappa shape index (κ1) is 19.1. The van der Waals surface area contributed by atoms with Crippen LogP contribution in [0.3, 0.4) is 0 Å². The van der Waals surface area contributed by atoms with Gasteiger partial charge in [0.25, 0.3) is 5.91 Å². The van der Waals surface area contributed by atoms with E-state index in [0.717, 1.165) is 22.6 Å². The molecule has 0 saturated heterocycles.